The van der Waals surface area contributed by atoms with Crippen LogP contribution < -0.4 is 0 Å². The van der Waals surface area contributed by atoms with Crippen LogP contribution in [-0.4, -0.2) is 14.8 Å². The van der Waals surface area contributed by atoms with Gasteiger partial charge in [-0.1, -0.05) is 32.1 Å². The predicted molar refractivity (Wildman–Crippen MR) is 60.8 cm³/mol. The summed E-state index contributed by atoms with van der Waals surface area (Å²) in [6.45, 7) is 0. The summed E-state index contributed by atoms with van der Waals surface area (Å²) in [4.78, 5) is 0. The molecule has 1 aromatic rings. The Hall–Kier alpha value is -0.570. The summed E-state index contributed by atoms with van der Waals surface area (Å²) >= 11 is 5.76. The fourth-order valence-corrected chi connectivity index (χ4v) is 2.57. The van der Waals surface area contributed by atoms with E-state index in [0.717, 1.165) is 24.0 Å². The monoisotopic (exact) mass is 227 g/mol. The van der Waals surface area contributed by atoms with Crippen LogP contribution in [0.15, 0.2) is 0 Å². The number of halogens is 1. The zero-order chi connectivity index (χ0) is 10.7. The summed E-state index contributed by atoms with van der Waals surface area (Å²) in [6.07, 6.45) is 7.94. The second kappa shape index (κ2) is 4.97. The highest BCUT2D eigenvalue weighted by Gasteiger charge is 2.17. The van der Waals surface area contributed by atoms with Gasteiger partial charge in [-0.25, -0.2) is 0 Å². The van der Waals surface area contributed by atoms with Gasteiger partial charge < -0.3 is 4.57 Å². The molecule has 0 amide bonds. The molecule has 0 aliphatic heterocycles. The van der Waals surface area contributed by atoms with E-state index in [1.165, 1.54) is 32.1 Å². The Morgan fingerprint density at radius 1 is 1.20 bits per heavy atom. The maximum atomic E-state index is 5.76. The molecule has 2 rings (SSSR count). The molecule has 1 aliphatic carbocycles. The number of nitrogens with zero attached hydrogens (tertiary/aromatic N) is 3. The van der Waals surface area contributed by atoms with E-state index in [9.17, 15) is 0 Å². The predicted octanol–water partition coefficient (Wildman–Crippen LogP) is 2.68. The van der Waals surface area contributed by atoms with E-state index in [2.05, 4.69) is 10.2 Å². The lowest BCUT2D eigenvalue weighted by molar-refractivity contribution is 0.349. The average molecular weight is 228 g/mol. The Balaban J connectivity index is 2.00. The van der Waals surface area contributed by atoms with Gasteiger partial charge in [0.25, 0.3) is 0 Å². The molecule has 1 heterocycles. The van der Waals surface area contributed by atoms with Crippen molar-refractivity contribution in [3.8, 4) is 0 Å². The van der Waals surface area contributed by atoms with Gasteiger partial charge in [0.1, 0.15) is 11.6 Å². The Morgan fingerprint density at radius 3 is 2.47 bits per heavy atom. The topological polar surface area (TPSA) is 30.7 Å². The first kappa shape index (κ1) is 10.9. The van der Waals surface area contributed by atoms with Crippen molar-refractivity contribution in [3.63, 3.8) is 0 Å². The largest absolute Gasteiger partial charge is 0.317 e. The van der Waals surface area contributed by atoms with Crippen LogP contribution in [0.1, 0.15) is 43.8 Å². The number of aromatic nitrogens is 3. The standard InChI is InChI=1S/C11H18ClN3/c1-15-10(13-14-11(15)8-12)7-9-5-3-2-4-6-9/h9H,2-8H2,1H3. The normalized spacial score (nSPS) is 18.3. The van der Waals surface area contributed by atoms with Crippen LogP contribution in [0.25, 0.3) is 0 Å². The first-order valence-corrected chi connectivity index (χ1v) is 6.28. The molecule has 1 aromatic heterocycles. The van der Waals surface area contributed by atoms with Crippen molar-refractivity contribution < 1.29 is 0 Å². The second-order valence-electron chi connectivity index (χ2n) is 4.43. The maximum Gasteiger partial charge on any atom is 0.147 e. The minimum Gasteiger partial charge on any atom is -0.317 e. The highest BCUT2D eigenvalue weighted by molar-refractivity contribution is 6.16. The van der Waals surface area contributed by atoms with Gasteiger partial charge in [0.05, 0.1) is 5.88 Å². The van der Waals surface area contributed by atoms with Crippen LogP contribution in [0.5, 0.6) is 0 Å². The smallest absolute Gasteiger partial charge is 0.147 e. The Morgan fingerprint density at radius 2 is 1.87 bits per heavy atom. The lowest BCUT2D eigenvalue weighted by atomic mass is 9.87. The van der Waals surface area contributed by atoms with E-state index >= 15 is 0 Å². The number of alkyl halides is 1. The van der Waals surface area contributed by atoms with Gasteiger partial charge in [0, 0.05) is 13.5 Å². The fraction of sp³-hybridized carbons (Fsp3) is 0.818. The van der Waals surface area contributed by atoms with Crippen LogP contribution in [0.4, 0.5) is 0 Å². The average Bonchev–Trinajstić information content (AvgIpc) is 2.62. The molecule has 15 heavy (non-hydrogen) atoms. The molecular formula is C11H18ClN3. The molecule has 0 N–H and O–H groups in total. The van der Waals surface area contributed by atoms with Crippen molar-refractivity contribution in [2.45, 2.75) is 44.4 Å². The third kappa shape index (κ3) is 2.51. The van der Waals surface area contributed by atoms with Crippen LogP contribution in [0.3, 0.4) is 0 Å². The van der Waals surface area contributed by atoms with Crippen molar-refractivity contribution in [2.75, 3.05) is 0 Å². The minimum atomic E-state index is 0.453. The molecule has 1 fully saturated rings. The summed E-state index contributed by atoms with van der Waals surface area (Å²) in [5.41, 5.74) is 0. The lowest BCUT2D eigenvalue weighted by Gasteiger charge is -2.20. The Labute approximate surface area is 95.8 Å². The van der Waals surface area contributed by atoms with Crippen molar-refractivity contribution in [1.29, 1.82) is 0 Å². The summed E-state index contributed by atoms with van der Waals surface area (Å²) in [5, 5.41) is 8.29. The third-order valence-electron chi connectivity index (χ3n) is 3.37. The van der Waals surface area contributed by atoms with E-state index < -0.39 is 0 Å². The van der Waals surface area contributed by atoms with Crippen LogP contribution >= 0.6 is 11.6 Å². The highest BCUT2D eigenvalue weighted by atomic mass is 35.5. The molecule has 0 atom stereocenters. The highest BCUT2D eigenvalue weighted by Crippen LogP contribution is 2.26. The summed E-state index contributed by atoms with van der Waals surface area (Å²) in [5.74, 6) is 3.23. The van der Waals surface area contributed by atoms with E-state index in [1.54, 1.807) is 0 Å². The second-order valence-corrected chi connectivity index (χ2v) is 4.70. The first-order valence-electron chi connectivity index (χ1n) is 5.74. The molecule has 0 spiro atoms. The molecule has 84 valence electrons. The van der Waals surface area contributed by atoms with Gasteiger partial charge in [-0.3, -0.25) is 0 Å². The molecule has 0 radical (unpaired) electrons. The minimum absolute atomic E-state index is 0.453. The Bertz CT molecular complexity index is 316. The quantitative estimate of drug-likeness (QED) is 0.744. The first-order chi connectivity index (χ1) is 7.31. The summed E-state index contributed by atoms with van der Waals surface area (Å²) in [6, 6.07) is 0. The SMILES string of the molecule is Cn1c(CCl)nnc1CC1CCCCC1. The van der Waals surface area contributed by atoms with E-state index in [-0.39, 0.29) is 0 Å². The summed E-state index contributed by atoms with van der Waals surface area (Å²) < 4.78 is 2.04. The zero-order valence-corrected chi connectivity index (χ0v) is 10.0. The summed E-state index contributed by atoms with van der Waals surface area (Å²) in [7, 11) is 2.01. The molecular weight excluding hydrogens is 210 g/mol. The molecule has 0 aromatic carbocycles. The van der Waals surface area contributed by atoms with E-state index in [0.29, 0.717) is 5.88 Å². The van der Waals surface area contributed by atoms with Crippen molar-refractivity contribution >= 4 is 11.6 Å². The van der Waals surface area contributed by atoms with E-state index in [1.807, 2.05) is 11.6 Å². The Kier molecular flexibility index (Phi) is 3.62. The van der Waals surface area contributed by atoms with Gasteiger partial charge in [0.2, 0.25) is 0 Å². The van der Waals surface area contributed by atoms with E-state index in [4.69, 9.17) is 11.6 Å². The van der Waals surface area contributed by atoms with Gasteiger partial charge in [0.15, 0.2) is 0 Å². The molecule has 1 saturated carbocycles. The van der Waals surface area contributed by atoms with Gasteiger partial charge in [-0.2, -0.15) is 0 Å². The maximum absolute atomic E-state index is 5.76. The molecule has 3 nitrogen and oxygen atoms in total. The number of hydrogen-bond donors (Lipinski definition) is 0. The molecule has 0 bridgehead atoms. The lowest BCUT2D eigenvalue weighted by Crippen LogP contribution is -2.12. The van der Waals surface area contributed by atoms with Crippen molar-refractivity contribution in [1.82, 2.24) is 14.8 Å². The van der Waals surface area contributed by atoms with Crippen LogP contribution in [-0.2, 0) is 19.3 Å². The van der Waals surface area contributed by atoms with Gasteiger partial charge in [-0.15, -0.1) is 21.8 Å². The molecule has 0 unspecified atom stereocenters. The zero-order valence-electron chi connectivity index (χ0n) is 9.25. The number of hydrogen-bond acceptors (Lipinski definition) is 2. The van der Waals surface area contributed by atoms with Crippen LogP contribution in [0.2, 0.25) is 0 Å². The third-order valence-corrected chi connectivity index (χ3v) is 3.61. The number of rotatable bonds is 3. The van der Waals surface area contributed by atoms with Crippen molar-refractivity contribution in [3.05, 3.63) is 11.6 Å². The van der Waals surface area contributed by atoms with Gasteiger partial charge in [-0.05, 0) is 5.92 Å². The van der Waals surface area contributed by atoms with Gasteiger partial charge >= 0.3 is 0 Å². The molecule has 0 saturated heterocycles. The van der Waals surface area contributed by atoms with Crippen LogP contribution in [0, 0.1) is 5.92 Å². The molecule has 1 aliphatic rings. The fourth-order valence-electron chi connectivity index (χ4n) is 2.34. The van der Waals surface area contributed by atoms with Crippen molar-refractivity contribution in [2.24, 2.45) is 13.0 Å². The molecule has 4 heteroatoms.